The summed E-state index contributed by atoms with van der Waals surface area (Å²) in [6.45, 7) is 5.39. The normalized spacial score (nSPS) is 12.3. The van der Waals surface area contributed by atoms with Gasteiger partial charge in [-0.2, -0.15) is 0 Å². The smallest absolute Gasteiger partial charge is 0.138 e. The van der Waals surface area contributed by atoms with E-state index in [0.717, 1.165) is 5.56 Å². The quantitative estimate of drug-likeness (QED) is 0.881. The predicted molar refractivity (Wildman–Crippen MR) is 62.6 cm³/mol. The molecular weight excluding hydrogens is 235 g/mol. The second kappa shape index (κ2) is 5.40. The van der Waals surface area contributed by atoms with Gasteiger partial charge in [-0.3, -0.25) is 0 Å². The first-order valence-electron chi connectivity index (χ1n) is 4.44. The first-order valence-corrected chi connectivity index (χ1v) is 5.20. The predicted octanol–water partition coefficient (Wildman–Crippen LogP) is 3.52. The third-order valence-corrected chi connectivity index (χ3v) is 2.23. The average Bonchev–Trinajstić information content (AvgIpc) is 2.15. The van der Waals surface area contributed by atoms with Crippen LogP contribution in [0.3, 0.4) is 0 Å². The molecule has 0 aliphatic carbocycles. The van der Waals surface area contributed by atoms with E-state index in [2.05, 4.69) is 6.58 Å². The van der Waals surface area contributed by atoms with E-state index in [1.165, 1.54) is 0 Å². The number of hydrogen-bond donors (Lipinski definition) is 1. The van der Waals surface area contributed by atoms with E-state index in [1.807, 2.05) is 0 Å². The largest absolute Gasteiger partial charge is 0.486 e. The molecule has 2 nitrogen and oxygen atoms in total. The van der Waals surface area contributed by atoms with Crippen LogP contribution in [0.15, 0.2) is 29.8 Å². The SMILES string of the molecule is C=C(Cl)COc1ccc([C@@H](C)O)cc1Cl. The molecule has 0 saturated heterocycles. The van der Waals surface area contributed by atoms with Crippen molar-refractivity contribution in [2.75, 3.05) is 6.61 Å². The summed E-state index contributed by atoms with van der Waals surface area (Å²) in [4.78, 5) is 0. The fourth-order valence-corrected chi connectivity index (χ4v) is 1.35. The number of benzene rings is 1. The molecule has 0 amide bonds. The van der Waals surface area contributed by atoms with Crippen molar-refractivity contribution in [3.63, 3.8) is 0 Å². The van der Waals surface area contributed by atoms with Crippen molar-refractivity contribution in [3.8, 4) is 5.75 Å². The van der Waals surface area contributed by atoms with Gasteiger partial charge in [-0.25, -0.2) is 0 Å². The van der Waals surface area contributed by atoms with Crippen LogP contribution in [-0.2, 0) is 0 Å². The van der Waals surface area contributed by atoms with Crippen LogP contribution in [0.1, 0.15) is 18.6 Å². The van der Waals surface area contributed by atoms with Crippen LogP contribution in [0.5, 0.6) is 5.75 Å². The first kappa shape index (κ1) is 12.4. The van der Waals surface area contributed by atoms with Crippen molar-refractivity contribution in [1.82, 2.24) is 0 Å². The molecule has 1 aromatic carbocycles. The van der Waals surface area contributed by atoms with Gasteiger partial charge < -0.3 is 9.84 Å². The van der Waals surface area contributed by atoms with Crippen molar-refractivity contribution < 1.29 is 9.84 Å². The van der Waals surface area contributed by atoms with Crippen LogP contribution in [0, 0.1) is 0 Å². The summed E-state index contributed by atoms with van der Waals surface area (Å²) in [5, 5.41) is 10.2. The lowest BCUT2D eigenvalue weighted by atomic mass is 10.1. The standard InChI is InChI=1S/C11H12Cl2O2/c1-7(12)6-15-11-4-3-9(8(2)14)5-10(11)13/h3-5,8,14H,1,6H2,2H3/t8-/m1/s1. The van der Waals surface area contributed by atoms with Gasteiger partial charge in [0, 0.05) is 5.03 Å². The molecule has 4 heteroatoms. The molecule has 1 N–H and O–H groups in total. The van der Waals surface area contributed by atoms with E-state index in [1.54, 1.807) is 25.1 Å². The maximum Gasteiger partial charge on any atom is 0.138 e. The molecule has 0 aliphatic rings. The molecule has 15 heavy (non-hydrogen) atoms. The van der Waals surface area contributed by atoms with E-state index < -0.39 is 6.10 Å². The van der Waals surface area contributed by atoms with E-state index in [0.29, 0.717) is 15.8 Å². The Hall–Kier alpha value is -0.700. The van der Waals surface area contributed by atoms with Gasteiger partial charge in [0.05, 0.1) is 11.1 Å². The summed E-state index contributed by atoms with van der Waals surface area (Å²) in [5.74, 6) is 0.530. The van der Waals surface area contributed by atoms with Crippen LogP contribution in [0.4, 0.5) is 0 Å². The number of rotatable bonds is 4. The molecule has 0 saturated carbocycles. The van der Waals surface area contributed by atoms with E-state index in [4.69, 9.17) is 27.9 Å². The average molecular weight is 247 g/mol. The highest BCUT2D eigenvalue weighted by molar-refractivity contribution is 6.32. The molecule has 0 radical (unpaired) electrons. The highest BCUT2D eigenvalue weighted by Gasteiger charge is 2.06. The molecule has 1 aromatic rings. The van der Waals surface area contributed by atoms with Gasteiger partial charge in [-0.1, -0.05) is 35.8 Å². The molecule has 82 valence electrons. The van der Waals surface area contributed by atoms with Gasteiger partial charge in [0.15, 0.2) is 0 Å². The second-order valence-electron chi connectivity index (χ2n) is 3.17. The zero-order valence-electron chi connectivity index (χ0n) is 8.34. The summed E-state index contributed by atoms with van der Waals surface area (Å²) in [6.07, 6.45) is -0.542. The van der Waals surface area contributed by atoms with Crippen molar-refractivity contribution in [2.45, 2.75) is 13.0 Å². The lowest BCUT2D eigenvalue weighted by Crippen LogP contribution is -1.98. The minimum absolute atomic E-state index is 0.218. The molecule has 0 spiro atoms. The Morgan fingerprint density at radius 3 is 2.73 bits per heavy atom. The minimum atomic E-state index is -0.542. The van der Waals surface area contributed by atoms with E-state index in [9.17, 15) is 5.11 Å². The lowest BCUT2D eigenvalue weighted by Gasteiger charge is -2.10. The first-order chi connectivity index (χ1) is 7.00. The van der Waals surface area contributed by atoms with Gasteiger partial charge in [0.1, 0.15) is 12.4 Å². The highest BCUT2D eigenvalue weighted by atomic mass is 35.5. The molecule has 0 heterocycles. The number of aliphatic hydroxyl groups is 1. The van der Waals surface area contributed by atoms with Crippen LogP contribution < -0.4 is 4.74 Å². The Morgan fingerprint density at radius 1 is 1.60 bits per heavy atom. The summed E-state index contributed by atoms with van der Waals surface area (Å²) < 4.78 is 5.29. The highest BCUT2D eigenvalue weighted by Crippen LogP contribution is 2.28. The molecular formula is C11H12Cl2O2. The van der Waals surface area contributed by atoms with Crippen LogP contribution in [0.2, 0.25) is 5.02 Å². The number of halogens is 2. The Kier molecular flexibility index (Phi) is 4.45. The number of aliphatic hydroxyl groups excluding tert-OH is 1. The summed E-state index contributed by atoms with van der Waals surface area (Å²) in [7, 11) is 0. The van der Waals surface area contributed by atoms with Gasteiger partial charge >= 0.3 is 0 Å². The van der Waals surface area contributed by atoms with Crippen LogP contribution in [-0.4, -0.2) is 11.7 Å². The molecule has 1 rings (SSSR count). The van der Waals surface area contributed by atoms with Crippen LogP contribution >= 0.6 is 23.2 Å². The fraction of sp³-hybridized carbons (Fsp3) is 0.273. The van der Waals surface area contributed by atoms with Gasteiger partial charge in [0.2, 0.25) is 0 Å². The zero-order chi connectivity index (χ0) is 11.4. The van der Waals surface area contributed by atoms with E-state index in [-0.39, 0.29) is 6.61 Å². The number of hydrogen-bond acceptors (Lipinski definition) is 2. The third kappa shape index (κ3) is 3.74. The summed E-state index contributed by atoms with van der Waals surface area (Å²) in [5.41, 5.74) is 0.747. The van der Waals surface area contributed by atoms with Gasteiger partial charge in [-0.05, 0) is 24.6 Å². The van der Waals surface area contributed by atoms with E-state index >= 15 is 0 Å². The van der Waals surface area contributed by atoms with Crippen molar-refractivity contribution in [1.29, 1.82) is 0 Å². The van der Waals surface area contributed by atoms with Gasteiger partial charge in [-0.15, -0.1) is 0 Å². The summed E-state index contributed by atoms with van der Waals surface area (Å²) in [6, 6.07) is 5.12. The third-order valence-electron chi connectivity index (χ3n) is 1.82. The topological polar surface area (TPSA) is 29.5 Å². The molecule has 1 atom stereocenters. The van der Waals surface area contributed by atoms with Gasteiger partial charge in [0.25, 0.3) is 0 Å². The minimum Gasteiger partial charge on any atom is -0.486 e. The van der Waals surface area contributed by atoms with Crippen molar-refractivity contribution in [3.05, 3.63) is 40.4 Å². The Morgan fingerprint density at radius 2 is 2.27 bits per heavy atom. The molecule has 0 bridgehead atoms. The van der Waals surface area contributed by atoms with Crippen molar-refractivity contribution in [2.24, 2.45) is 0 Å². The fourth-order valence-electron chi connectivity index (χ4n) is 1.05. The molecule has 0 fully saturated rings. The zero-order valence-corrected chi connectivity index (χ0v) is 9.85. The lowest BCUT2D eigenvalue weighted by molar-refractivity contribution is 0.199. The second-order valence-corrected chi connectivity index (χ2v) is 4.11. The maximum atomic E-state index is 9.32. The monoisotopic (exact) mass is 246 g/mol. The Balaban J connectivity index is 2.79. The maximum absolute atomic E-state index is 9.32. The van der Waals surface area contributed by atoms with Crippen LogP contribution in [0.25, 0.3) is 0 Å². The Bertz CT molecular complexity index is 362. The van der Waals surface area contributed by atoms with Crippen molar-refractivity contribution >= 4 is 23.2 Å². The Labute approximate surface area is 99.1 Å². The summed E-state index contributed by atoms with van der Waals surface area (Å²) >= 11 is 11.5. The molecule has 0 unspecified atom stereocenters. The molecule has 0 aliphatic heterocycles. The number of ether oxygens (including phenoxy) is 1. The molecule has 0 aromatic heterocycles.